The number of ether oxygens (including phenoxy) is 2. The van der Waals surface area contributed by atoms with Crippen LogP contribution in [-0.2, 0) is 23.7 Å². The molecule has 0 spiro atoms. The van der Waals surface area contributed by atoms with Gasteiger partial charge >= 0.3 is 11.9 Å². The van der Waals surface area contributed by atoms with Crippen molar-refractivity contribution in [3.05, 3.63) is 114 Å². The van der Waals surface area contributed by atoms with Crippen LogP contribution in [0.3, 0.4) is 0 Å². The van der Waals surface area contributed by atoms with Crippen LogP contribution in [0.25, 0.3) is 0 Å². The molecule has 0 N–H and O–H groups in total. The van der Waals surface area contributed by atoms with E-state index in [-0.39, 0.29) is 10.8 Å². The van der Waals surface area contributed by atoms with Crippen molar-refractivity contribution >= 4 is 59.0 Å². The van der Waals surface area contributed by atoms with E-state index in [0.717, 1.165) is 35.1 Å². The van der Waals surface area contributed by atoms with Crippen molar-refractivity contribution in [1.29, 1.82) is 0 Å². The minimum Gasteiger partial charge on any atom is -0.422 e. The van der Waals surface area contributed by atoms with Gasteiger partial charge in [0.25, 0.3) is 0 Å². The number of carbonyl (C=O) groups is 2. The van der Waals surface area contributed by atoms with Gasteiger partial charge in [0.05, 0.1) is 20.3 Å². The molecule has 3 aromatic rings. The maximum Gasteiger partial charge on any atom is 0.343 e. The molecule has 0 amide bonds. The second-order valence-electron chi connectivity index (χ2n) is 14.6. The molecule has 0 radical (unpaired) electrons. The first-order valence-electron chi connectivity index (χ1n) is 16.3. The molecule has 48 heavy (non-hydrogen) atoms. The number of rotatable bonds is 8. The quantitative estimate of drug-likeness (QED) is 0.169. The van der Waals surface area contributed by atoms with Gasteiger partial charge in [-0.05, 0) is 131 Å². The Kier molecular flexibility index (Phi) is 11.3. The lowest BCUT2D eigenvalue weighted by atomic mass is 9.82. The predicted molar refractivity (Wildman–Crippen MR) is 209 cm³/mol. The molecule has 0 atom stereocenters. The van der Waals surface area contributed by atoms with Gasteiger partial charge < -0.3 is 9.47 Å². The van der Waals surface area contributed by atoms with Crippen LogP contribution in [-0.4, -0.2) is 21.1 Å². The molecule has 0 aromatic heterocycles. The maximum atomic E-state index is 13.6. The summed E-state index contributed by atoms with van der Waals surface area (Å²) in [5.41, 5.74) is 9.20. The van der Waals surface area contributed by atoms with Crippen LogP contribution < -0.4 is 9.47 Å². The highest BCUT2D eigenvalue weighted by atomic mass is 32.2. The monoisotopic (exact) mass is 718 g/mol. The summed E-state index contributed by atoms with van der Waals surface area (Å²) >= 11 is 7.31. The number of hydrogen-bond donors (Lipinski definition) is 0. The standard InChI is InChI=1S/C40H46O4S4/c1-23-19-31(39(5,6)7)35(25(3)29(23)21-33-45-15-16-46-33)43-37(41)27-11-13-28(14-12-27)38(42)44-36-26(4)30(22-34-47-17-18-48-34)24(2)20-32(36)40(8,9)10/h11-20,33-34H,21-22H2,1-10H3. The SMILES string of the molecule is Cc1cc(C(C)(C)C)c(OC(=O)c2ccc(C(=O)Oc3c(C(C)(C)C)cc(C)c(CC4SC=CS4)c3C)cc2)c(C)c1CC1SC=CS1. The Hall–Kier alpha value is -2.52. The largest absolute Gasteiger partial charge is 0.422 e. The van der Waals surface area contributed by atoms with E-state index in [1.54, 1.807) is 24.3 Å². The molecule has 0 saturated heterocycles. The zero-order valence-corrected chi connectivity index (χ0v) is 32.9. The Labute approximate surface area is 303 Å². The van der Waals surface area contributed by atoms with Gasteiger partial charge in [0.1, 0.15) is 11.5 Å². The normalized spacial score (nSPS) is 15.4. The van der Waals surface area contributed by atoms with Crippen LogP contribution in [0.4, 0.5) is 0 Å². The number of esters is 2. The van der Waals surface area contributed by atoms with Gasteiger partial charge in [0.2, 0.25) is 0 Å². The minimum atomic E-state index is -0.448. The summed E-state index contributed by atoms with van der Waals surface area (Å²) in [4.78, 5) is 27.2. The molecule has 2 heterocycles. The van der Waals surface area contributed by atoms with Crippen molar-refractivity contribution in [1.82, 2.24) is 0 Å². The molecule has 2 aliphatic rings. The van der Waals surface area contributed by atoms with E-state index in [4.69, 9.17) is 9.47 Å². The van der Waals surface area contributed by atoms with Crippen molar-refractivity contribution in [3.8, 4) is 11.5 Å². The van der Waals surface area contributed by atoms with Crippen molar-refractivity contribution in [2.75, 3.05) is 0 Å². The lowest BCUT2D eigenvalue weighted by Crippen LogP contribution is -2.20. The van der Waals surface area contributed by atoms with Gasteiger partial charge in [-0.25, -0.2) is 9.59 Å². The summed E-state index contributed by atoms with van der Waals surface area (Å²) in [6, 6.07) is 11.0. The third-order valence-corrected chi connectivity index (χ3v) is 13.6. The number of aryl methyl sites for hydroxylation is 2. The van der Waals surface area contributed by atoms with Crippen molar-refractivity contribution in [2.24, 2.45) is 0 Å². The summed E-state index contributed by atoms with van der Waals surface area (Å²) in [5.74, 6) is 0.359. The van der Waals surface area contributed by atoms with E-state index in [0.29, 0.717) is 31.8 Å². The molecular formula is C40H46O4S4. The average Bonchev–Trinajstić information content (AvgIpc) is 3.73. The Morgan fingerprint density at radius 3 is 1.19 bits per heavy atom. The second-order valence-corrected chi connectivity index (χ2v) is 19.6. The number of thioether (sulfide) groups is 4. The number of carbonyl (C=O) groups excluding carboxylic acids is 2. The molecule has 0 saturated carbocycles. The van der Waals surface area contributed by atoms with Crippen LogP contribution in [0.2, 0.25) is 0 Å². The molecular weight excluding hydrogens is 673 g/mol. The fourth-order valence-corrected chi connectivity index (χ4v) is 10.2. The molecule has 254 valence electrons. The third-order valence-electron chi connectivity index (χ3n) is 8.89. The zero-order valence-electron chi connectivity index (χ0n) is 29.6. The Bertz CT molecular complexity index is 1630. The Morgan fingerprint density at radius 1 is 0.583 bits per heavy atom. The van der Waals surface area contributed by atoms with Crippen LogP contribution >= 0.6 is 47.0 Å². The van der Waals surface area contributed by atoms with Crippen LogP contribution in [0.15, 0.2) is 58.0 Å². The fourth-order valence-electron chi connectivity index (χ4n) is 6.13. The van der Waals surface area contributed by atoms with Crippen LogP contribution in [0, 0.1) is 27.7 Å². The lowest BCUT2D eigenvalue weighted by Gasteiger charge is -2.27. The van der Waals surface area contributed by atoms with E-state index < -0.39 is 11.9 Å². The third kappa shape index (κ3) is 8.26. The Morgan fingerprint density at radius 2 is 0.896 bits per heavy atom. The van der Waals surface area contributed by atoms with Gasteiger partial charge in [-0.2, -0.15) is 0 Å². The molecule has 0 fully saturated rings. The molecule has 0 bridgehead atoms. The first-order valence-corrected chi connectivity index (χ1v) is 20.0. The molecule has 0 aliphatic carbocycles. The van der Waals surface area contributed by atoms with Gasteiger partial charge in [-0.3, -0.25) is 0 Å². The van der Waals surface area contributed by atoms with E-state index >= 15 is 0 Å². The zero-order chi connectivity index (χ0) is 35.0. The average molecular weight is 719 g/mol. The van der Waals surface area contributed by atoms with Gasteiger partial charge in [-0.1, -0.05) is 53.7 Å². The highest BCUT2D eigenvalue weighted by molar-refractivity contribution is 8.22. The molecule has 3 aromatic carbocycles. The minimum absolute atomic E-state index is 0.221. The van der Waals surface area contributed by atoms with Gasteiger partial charge in [0.15, 0.2) is 0 Å². The number of hydrogen-bond acceptors (Lipinski definition) is 8. The summed E-state index contributed by atoms with van der Waals surface area (Å²) in [6.45, 7) is 21.2. The fraction of sp³-hybridized carbons (Fsp3) is 0.400. The molecule has 4 nitrogen and oxygen atoms in total. The predicted octanol–water partition coefficient (Wildman–Crippen LogP) is 11.6. The molecule has 0 unspecified atom stereocenters. The summed E-state index contributed by atoms with van der Waals surface area (Å²) in [5, 5.41) is 8.56. The smallest absolute Gasteiger partial charge is 0.343 e. The van der Waals surface area contributed by atoms with Gasteiger partial charge in [0, 0.05) is 11.1 Å². The van der Waals surface area contributed by atoms with Crippen molar-refractivity contribution in [2.45, 2.75) is 102 Å². The molecule has 8 heteroatoms. The Balaban J connectivity index is 1.39. The van der Waals surface area contributed by atoms with Crippen LogP contribution in [0.5, 0.6) is 11.5 Å². The van der Waals surface area contributed by atoms with Gasteiger partial charge in [-0.15, -0.1) is 47.0 Å². The molecule has 2 aliphatic heterocycles. The highest BCUT2D eigenvalue weighted by Gasteiger charge is 2.29. The van der Waals surface area contributed by atoms with Crippen LogP contribution in [0.1, 0.15) is 107 Å². The first kappa shape index (κ1) is 36.8. The van der Waals surface area contributed by atoms with E-state index in [9.17, 15) is 9.59 Å². The van der Waals surface area contributed by atoms with E-state index in [1.165, 1.54) is 22.3 Å². The lowest BCUT2D eigenvalue weighted by molar-refractivity contribution is 0.0716. The van der Waals surface area contributed by atoms with E-state index in [1.807, 2.05) is 47.0 Å². The first-order chi connectivity index (χ1) is 22.5. The molecule has 5 rings (SSSR count). The summed E-state index contributed by atoms with van der Waals surface area (Å²) in [7, 11) is 0. The highest BCUT2D eigenvalue weighted by Crippen LogP contribution is 2.43. The number of benzene rings is 3. The topological polar surface area (TPSA) is 52.6 Å². The van der Waals surface area contributed by atoms with Crippen molar-refractivity contribution in [3.63, 3.8) is 0 Å². The second kappa shape index (κ2) is 14.8. The summed E-state index contributed by atoms with van der Waals surface area (Å²) in [6.07, 6.45) is 1.78. The maximum absolute atomic E-state index is 13.6. The van der Waals surface area contributed by atoms with Crippen molar-refractivity contribution < 1.29 is 19.1 Å². The van der Waals surface area contributed by atoms with E-state index in [2.05, 4.69) is 103 Å². The summed E-state index contributed by atoms with van der Waals surface area (Å²) < 4.78 is 13.2.